The van der Waals surface area contributed by atoms with Crippen molar-refractivity contribution in [3.05, 3.63) is 71.8 Å². The van der Waals surface area contributed by atoms with E-state index in [4.69, 9.17) is 18.9 Å². The molecule has 0 aromatic heterocycles. The smallest absolute Gasteiger partial charge is 0.229 e. The summed E-state index contributed by atoms with van der Waals surface area (Å²) in [6, 6.07) is 19.1. The van der Waals surface area contributed by atoms with Crippen molar-refractivity contribution < 1.29 is 54.7 Å². The maximum absolute atomic E-state index is 10.3. The molecular weight excluding hydrogens is 560 g/mol. The summed E-state index contributed by atoms with van der Waals surface area (Å²) in [5.41, 5.74) is 5.29. The molecule has 232 valence electrons. The fourth-order valence-corrected chi connectivity index (χ4v) is 5.35. The average Bonchev–Trinajstić information content (AvgIpc) is 3.01. The minimum atomic E-state index is -1.53. The van der Waals surface area contributed by atoms with Crippen LogP contribution in [-0.4, -0.2) is 104 Å². The minimum Gasteiger partial charge on any atom is -0.462 e. The van der Waals surface area contributed by atoms with E-state index in [9.17, 15) is 35.7 Å². The number of hydrogen-bond donors (Lipinski definition) is 7. The predicted molar refractivity (Wildman–Crippen MR) is 154 cm³/mol. The summed E-state index contributed by atoms with van der Waals surface area (Å²) in [6.07, 6.45) is -10.7. The summed E-state index contributed by atoms with van der Waals surface area (Å²) >= 11 is 0. The van der Waals surface area contributed by atoms with Crippen molar-refractivity contribution >= 4 is 0 Å². The van der Waals surface area contributed by atoms with E-state index >= 15 is 0 Å². The topological polar surface area (TPSA) is 179 Å². The number of ether oxygens (including phenoxy) is 4. The Kier molecular flexibility index (Phi) is 9.67. The van der Waals surface area contributed by atoms with Crippen molar-refractivity contribution in [1.82, 2.24) is 0 Å². The fraction of sp³-hybridized carbons (Fsp3) is 0.438. The van der Waals surface area contributed by atoms with Gasteiger partial charge in [-0.2, -0.15) is 0 Å². The third-order valence-corrected chi connectivity index (χ3v) is 7.92. The third kappa shape index (κ3) is 6.70. The Labute approximate surface area is 249 Å². The first-order valence-corrected chi connectivity index (χ1v) is 14.2. The van der Waals surface area contributed by atoms with Crippen LogP contribution in [0.5, 0.6) is 11.5 Å². The summed E-state index contributed by atoms with van der Waals surface area (Å²) in [6.45, 7) is 2.88. The van der Waals surface area contributed by atoms with Crippen LogP contribution in [0.4, 0.5) is 0 Å². The zero-order valence-corrected chi connectivity index (χ0v) is 23.9. The Bertz CT molecular complexity index is 1400. The minimum absolute atomic E-state index is 0.124. The first-order chi connectivity index (χ1) is 20.6. The molecule has 0 spiro atoms. The average molecular weight is 599 g/mol. The number of aliphatic hydroxyl groups is 7. The van der Waals surface area contributed by atoms with Crippen molar-refractivity contribution in [2.24, 2.45) is 0 Å². The van der Waals surface area contributed by atoms with Gasteiger partial charge in [0.2, 0.25) is 12.6 Å². The molecule has 43 heavy (non-hydrogen) atoms. The lowest BCUT2D eigenvalue weighted by Crippen LogP contribution is -2.60. The van der Waals surface area contributed by atoms with Gasteiger partial charge in [0.25, 0.3) is 0 Å². The molecule has 0 saturated carbocycles. The Morgan fingerprint density at radius 2 is 1.16 bits per heavy atom. The van der Waals surface area contributed by atoms with E-state index in [1.165, 1.54) is 0 Å². The van der Waals surface area contributed by atoms with Gasteiger partial charge in [0.15, 0.2) is 0 Å². The van der Waals surface area contributed by atoms with Crippen LogP contribution in [0.1, 0.15) is 17.5 Å². The van der Waals surface area contributed by atoms with Crippen molar-refractivity contribution in [3.8, 4) is 33.8 Å². The molecule has 3 aromatic rings. The first kappa shape index (κ1) is 31.3. The van der Waals surface area contributed by atoms with Crippen LogP contribution < -0.4 is 9.47 Å². The van der Waals surface area contributed by atoms with Gasteiger partial charge in [-0.15, -0.1) is 0 Å². The molecule has 2 fully saturated rings. The monoisotopic (exact) mass is 598 g/mol. The highest BCUT2D eigenvalue weighted by atomic mass is 16.7. The zero-order valence-electron chi connectivity index (χ0n) is 23.9. The van der Waals surface area contributed by atoms with Crippen molar-refractivity contribution in [1.29, 1.82) is 0 Å². The van der Waals surface area contributed by atoms with Crippen molar-refractivity contribution in [2.75, 3.05) is 13.2 Å². The molecule has 9 atom stereocenters. The molecule has 11 nitrogen and oxygen atoms in total. The highest BCUT2D eigenvalue weighted by molar-refractivity contribution is 5.74. The van der Waals surface area contributed by atoms with Gasteiger partial charge in [-0.05, 0) is 77.6 Å². The highest BCUT2D eigenvalue weighted by Gasteiger charge is 2.45. The first-order valence-electron chi connectivity index (χ1n) is 14.2. The standard InChI is InChI=1S/C32H38O11/c1-16-10-20(6-8-24(16)41-31-27(36)23(35)13-22(14-33)40-31)18-4-3-5-19(12-18)21-7-9-25(17(2)11-21)42-32-30(39)29(38)28(37)26(15-34)43-32/h3-12,22-23,26-39H,13-15H2,1-2H3/t22-,23-,26+,27-,28+,29-,30-,31+,32?/m0/s1. The summed E-state index contributed by atoms with van der Waals surface area (Å²) < 4.78 is 22.8. The van der Waals surface area contributed by atoms with Gasteiger partial charge in [0.1, 0.15) is 42.0 Å². The maximum Gasteiger partial charge on any atom is 0.229 e. The van der Waals surface area contributed by atoms with Crippen LogP contribution >= 0.6 is 0 Å². The van der Waals surface area contributed by atoms with E-state index in [0.717, 1.165) is 33.4 Å². The second kappa shape index (κ2) is 13.3. The zero-order chi connectivity index (χ0) is 30.8. The molecule has 0 radical (unpaired) electrons. The summed E-state index contributed by atoms with van der Waals surface area (Å²) in [4.78, 5) is 0. The molecule has 1 unspecified atom stereocenters. The Hall–Kier alpha value is -3.10. The molecule has 2 aliphatic heterocycles. The van der Waals surface area contributed by atoms with Gasteiger partial charge in [0, 0.05) is 6.42 Å². The number of aliphatic hydroxyl groups excluding tert-OH is 7. The molecule has 0 aliphatic carbocycles. The molecular formula is C32H38O11. The van der Waals surface area contributed by atoms with Crippen LogP contribution in [0.25, 0.3) is 22.3 Å². The van der Waals surface area contributed by atoms with Crippen molar-refractivity contribution in [3.63, 3.8) is 0 Å². The van der Waals surface area contributed by atoms with Gasteiger partial charge < -0.3 is 54.7 Å². The second-order valence-electron chi connectivity index (χ2n) is 11.1. The molecule has 0 bridgehead atoms. The number of aryl methyl sites for hydroxylation is 2. The summed E-state index contributed by atoms with van der Waals surface area (Å²) in [5, 5.41) is 69.6. The van der Waals surface area contributed by atoms with E-state index in [0.29, 0.717) is 11.5 Å². The highest BCUT2D eigenvalue weighted by Crippen LogP contribution is 2.34. The lowest BCUT2D eigenvalue weighted by atomic mass is 9.97. The fourth-order valence-electron chi connectivity index (χ4n) is 5.35. The Morgan fingerprint density at radius 3 is 1.67 bits per heavy atom. The van der Waals surface area contributed by atoms with Gasteiger partial charge in [0.05, 0.1) is 25.4 Å². The van der Waals surface area contributed by atoms with E-state index in [-0.39, 0.29) is 13.0 Å². The van der Waals surface area contributed by atoms with Crippen LogP contribution in [0.15, 0.2) is 60.7 Å². The molecule has 2 aliphatic rings. The van der Waals surface area contributed by atoms with Gasteiger partial charge >= 0.3 is 0 Å². The van der Waals surface area contributed by atoms with E-state index in [2.05, 4.69) is 0 Å². The van der Waals surface area contributed by atoms with E-state index in [1.807, 2.05) is 62.4 Å². The lowest BCUT2D eigenvalue weighted by Gasteiger charge is -2.39. The second-order valence-corrected chi connectivity index (χ2v) is 11.1. The third-order valence-electron chi connectivity index (χ3n) is 7.92. The predicted octanol–water partition coefficient (Wildman–Crippen LogP) is 1.02. The van der Waals surface area contributed by atoms with Gasteiger partial charge in [-0.3, -0.25) is 0 Å². The summed E-state index contributed by atoms with van der Waals surface area (Å²) in [5.74, 6) is 0.903. The van der Waals surface area contributed by atoms with Gasteiger partial charge in [-0.25, -0.2) is 0 Å². The number of rotatable bonds is 8. The lowest BCUT2D eigenvalue weighted by molar-refractivity contribution is -0.277. The molecule has 0 amide bonds. The number of benzene rings is 3. The van der Waals surface area contributed by atoms with Crippen LogP contribution in [0, 0.1) is 13.8 Å². The Morgan fingerprint density at radius 1 is 0.628 bits per heavy atom. The largest absolute Gasteiger partial charge is 0.462 e. The number of hydrogen-bond acceptors (Lipinski definition) is 11. The van der Waals surface area contributed by atoms with Crippen molar-refractivity contribution in [2.45, 2.75) is 75.6 Å². The van der Waals surface area contributed by atoms with Crippen LogP contribution in [0.2, 0.25) is 0 Å². The normalized spacial score (nSPS) is 31.0. The molecule has 5 rings (SSSR count). The molecule has 3 aromatic carbocycles. The molecule has 7 N–H and O–H groups in total. The van der Waals surface area contributed by atoms with E-state index in [1.54, 1.807) is 12.1 Å². The molecule has 11 heteroatoms. The molecule has 2 heterocycles. The SMILES string of the molecule is Cc1cc(-c2cccc(-c3ccc(O[C@H]4O[C@H](CO)C[C@H](O)[C@@H]4O)c(C)c3)c2)ccc1OC1O[C@H](CO)[C@@H](O)[C@H](O)[C@@H]1O. The maximum atomic E-state index is 10.3. The van der Waals surface area contributed by atoms with Gasteiger partial charge in [-0.1, -0.05) is 30.3 Å². The quantitative estimate of drug-likeness (QED) is 0.197. The molecule has 2 saturated heterocycles. The van der Waals surface area contributed by atoms with Crippen LogP contribution in [0.3, 0.4) is 0 Å². The summed E-state index contributed by atoms with van der Waals surface area (Å²) in [7, 11) is 0. The Balaban J connectivity index is 1.31. The van der Waals surface area contributed by atoms with E-state index < -0.39 is 61.9 Å². The van der Waals surface area contributed by atoms with Crippen LogP contribution in [-0.2, 0) is 9.47 Å².